The Morgan fingerprint density at radius 1 is 1.50 bits per heavy atom. The molecule has 1 aliphatic rings. The maximum absolute atomic E-state index is 11.5. The first-order chi connectivity index (χ1) is 9.61. The van der Waals surface area contributed by atoms with Crippen LogP contribution in [0, 0.1) is 0 Å². The highest BCUT2D eigenvalue weighted by molar-refractivity contribution is 5.88. The fourth-order valence-corrected chi connectivity index (χ4v) is 2.57. The number of piperidine rings is 1. The van der Waals surface area contributed by atoms with E-state index in [1.165, 1.54) is 7.11 Å². The molecule has 6 heteroatoms. The molecule has 1 aliphatic heterocycles. The molecule has 0 aromatic carbocycles. The van der Waals surface area contributed by atoms with Crippen LogP contribution in [0.1, 0.15) is 36.2 Å². The standard InChI is InChI=1S/C14H18N2O4/c1-20-14(19)12-8-11(5-6-15-12)16-7-3-2-4-10(16)9-13(17)18/h5-6,8,10H,2-4,7,9H2,1H3,(H,17,18). The number of carbonyl (C=O) groups excluding carboxylic acids is 1. The monoisotopic (exact) mass is 278 g/mol. The van der Waals surface area contributed by atoms with E-state index < -0.39 is 11.9 Å². The van der Waals surface area contributed by atoms with Crippen molar-refractivity contribution in [3.05, 3.63) is 24.0 Å². The van der Waals surface area contributed by atoms with Crippen molar-refractivity contribution < 1.29 is 19.4 Å². The van der Waals surface area contributed by atoms with Crippen molar-refractivity contribution in [2.24, 2.45) is 0 Å². The lowest BCUT2D eigenvalue weighted by atomic mass is 9.98. The number of esters is 1. The Balaban J connectivity index is 2.23. The number of aromatic nitrogens is 1. The number of carbonyl (C=O) groups is 2. The number of hydrogen-bond acceptors (Lipinski definition) is 5. The second kappa shape index (κ2) is 6.36. The van der Waals surface area contributed by atoms with E-state index in [-0.39, 0.29) is 18.2 Å². The Labute approximate surface area is 117 Å². The van der Waals surface area contributed by atoms with Gasteiger partial charge in [0.15, 0.2) is 0 Å². The van der Waals surface area contributed by atoms with Gasteiger partial charge in [0.1, 0.15) is 5.69 Å². The van der Waals surface area contributed by atoms with Crippen molar-refractivity contribution in [2.75, 3.05) is 18.6 Å². The van der Waals surface area contributed by atoms with Gasteiger partial charge in [0.25, 0.3) is 0 Å². The number of carboxylic acids is 1. The first kappa shape index (κ1) is 14.3. The minimum Gasteiger partial charge on any atom is -0.481 e. The molecule has 1 unspecified atom stereocenters. The second-order valence-corrected chi connectivity index (χ2v) is 4.83. The van der Waals surface area contributed by atoms with Crippen LogP contribution in [-0.2, 0) is 9.53 Å². The molecule has 0 radical (unpaired) electrons. The van der Waals surface area contributed by atoms with Gasteiger partial charge in [-0.2, -0.15) is 0 Å². The predicted octanol–water partition coefficient (Wildman–Crippen LogP) is 1.70. The number of rotatable bonds is 4. The molecule has 1 aromatic rings. The van der Waals surface area contributed by atoms with Crippen molar-refractivity contribution in [3.63, 3.8) is 0 Å². The van der Waals surface area contributed by atoms with E-state index >= 15 is 0 Å². The highest BCUT2D eigenvalue weighted by Gasteiger charge is 2.25. The summed E-state index contributed by atoms with van der Waals surface area (Å²) in [6.45, 7) is 0.794. The van der Waals surface area contributed by atoms with Gasteiger partial charge in [0.2, 0.25) is 0 Å². The third kappa shape index (κ3) is 3.26. The number of anilines is 1. The molecule has 1 atom stereocenters. The zero-order valence-corrected chi connectivity index (χ0v) is 11.4. The maximum atomic E-state index is 11.5. The third-order valence-electron chi connectivity index (χ3n) is 3.51. The fourth-order valence-electron chi connectivity index (χ4n) is 2.57. The summed E-state index contributed by atoms with van der Waals surface area (Å²) in [5, 5.41) is 9.00. The summed E-state index contributed by atoms with van der Waals surface area (Å²) in [4.78, 5) is 28.5. The molecule has 0 bridgehead atoms. The van der Waals surface area contributed by atoms with Gasteiger partial charge in [0.05, 0.1) is 13.5 Å². The fraction of sp³-hybridized carbons (Fsp3) is 0.500. The van der Waals surface area contributed by atoms with Crippen LogP contribution in [0.3, 0.4) is 0 Å². The topological polar surface area (TPSA) is 79.7 Å². The van der Waals surface area contributed by atoms with Gasteiger partial charge in [0, 0.05) is 24.5 Å². The van der Waals surface area contributed by atoms with Gasteiger partial charge in [-0.05, 0) is 31.4 Å². The number of aliphatic carboxylic acids is 1. The van der Waals surface area contributed by atoms with Gasteiger partial charge in [-0.3, -0.25) is 4.79 Å². The molecule has 108 valence electrons. The van der Waals surface area contributed by atoms with E-state index in [1.807, 2.05) is 4.90 Å². The lowest BCUT2D eigenvalue weighted by Gasteiger charge is -2.36. The molecule has 1 N–H and O–H groups in total. The molecular weight excluding hydrogens is 260 g/mol. The van der Waals surface area contributed by atoms with E-state index in [2.05, 4.69) is 9.72 Å². The highest BCUT2D eigenvalue weighted by Crippen LogP contribution is 2.26. The first-order valence-electron chi connectivity index (χ1n) is 6.64. The van der Waals surface area contributed by atoms with Gasteiger partial charge in [-0.15, -0.1) is 0 Å². The van der Waals surface area contributed by atoms with Crippen LogP contribution < -0.4 is 4.90 Å². The molecule has 0 saturated carbocycles. The van der Waals surface area contributed by atoms with Gasteiger partial charge >= 0.3 is 11.9 Å². The lowest BCUT2D eigenvalue weighted by molar-refractivity contribution is -0.137. The Kier molecular flexibility index (Phi) is 4.55. The summed E-state index contributed by atoms with van der Waals surface area (Å²) in [7, 11) is 1.31. The minimum atomic E-state index is -0.802. The Morgan fingerprint density at radius 3 is 3.00 bits per heavy atom. The van der Waals surface area contributed by atoms with Crippen molar-refractivity contribution in [3.8, 4) is 0 Å². The van der Waals surface area contributed by atoms with Crippen LogP contribution in [0.25, 0.3) is 0 Å². The number of nitrogens with zero attached hydrogens (tertiary/aromatic N) is 2. The molecular formula is C14H18N2O4. The van der Waals surface area contributed by atoms with Crippen LogP contribution >= 0.6 is 0 Å². The molecule has 1 aromatic heterocycles. The number of pyridine rings is 1. The lowest BCUT2D eigenvalue weighted by Crippen LogP contribution is -2.41. The molecule has 6 nitrogen and oxygen atoms in total. The van der Waals surface area contributed by atoms with E-state index in [9.17, 15) is 9.59 Å². The van der Waals surface area contributed by atoms with Crippen LogP contribution in [0.5, 0.6) is 0 Å². The normalized spacial score (nSPS) is 18.6. The molecule has 0 aliphatic carbocycles. The minimum absolute atomic E-state index is 0.0332. The zero-order valence-electron chi connectivity index (χ0n) is 11.4. The molecule has 2 rings (SSSR count). The number of hydrogen-bond donors (Lipinski definition) is 1. The zero-order chi connectivity index (χ0) is 14.5. The Bertz CT molecular complexity index is 504. The number of methoxy groups -OCH3 is 1. The molecule has 1 saturated heterocycles. The smallest absolute Gasteiger partial charge is 0.356 e. The summed E-state index contributed by atoms with van der Waals surface area (Å²) in [5.74, 6) is -1.29. The maximum Gasteiger partial charge on any atom is 0.356 e. The summed E-state index contributed by atoms with van der Waals surface area (Å²) >= 11 is 0. The van der Waals surface area contributed by atoms with Crippen molar-refractivity contribution in [2.45, 2.75) is 31.7 Å². The van der Waals surface area contributed by atoms with Crippen molar-refractivity contribution in [1.82, 2.24) is 4.98 Å². The van der Waals surface area contributed by atoms with E-state index in [0.717, 1.165) is 31.5 Å². The third-order valence-corrected chi connectivity index (χ3v) is 3.51. The largest absolute Gasteiger partial charge is 0.481 e. The number of ether oxygens (including phenoxy) is 1. The molecule has 0 amide bonds. The summed E-state index contributed by atoms with van der Waals surface area (Å²) in [6, 6.07) is 3.42. The molecule has 20 heavy (non-hydrogen) atoms. The van der Waals surface area contributed by atoms with Gasteiger partial charge in [-0.25, -0.2) is 9.78 Å². The van der Waals surface area contributed by atoms with Gasteiger partial charge in [-0.1, -0.05) is 0 Å². The van der Waals surface area contributed by atoms with Crippen molar-refractivity contribution >= 4 is 17.6 Å². The SMILES string of the molecule is COC(=O)c1cc(N2CCCCC2CC(=O)O)ccn1. The van der Waals surface area contributed by atoms with Crippen molar-refractivity contribution in [1.29, 1.82) is 0 Å². The second-order valence-electron chi connectivity index (χ2n) is 4.83. The highest BCUT2D eigenvalue weighted by atomic mass is 16.5. The Hall–Kier alpha value is -2.11. The van der Waals surface area contributed by atoms with Crippen LogP contribution in [-0.4, -0.2) is 41.7 Å². The van der Waals surface area contributed by atoms with Crippen LogP contribution in [0.15, 0.2) is 18.3 Å². The number of carboxylic acid groups (broad SMARTS) is 1. The van der Waals surface area contributed by atoms with E-state index in [0.29, 0.717) is 0 Å². The van der Waals surface area contributed by atoms with E-state index in [4.69, 9.17) is 5.11 Å². The van der Waals surface area contributed by atoms with Gasteiger partial charge < -0.3 is 14.7 Å². The van der Waals surface area contributed by atoms with Crippen LogP contribution in [0.4, 0.5) is 5.69 Å². The van der Waals surface area contributed by atoms with E-state index in [1.54, 1.807) is 18.3 Å². The predicted molar refractivity (Wildman–Crippen MR) is 72.8 cm³/mol. The Morgan fingerprint density at radius 2 is 2.30 bits per heavy atom. The average Bonchev–Trinajstić information content (AvgIpc) is 2.46. The molecule has 1 fully saturated rings. The quantitative estimate of drug-likeness (QED) is 0.844. The molecule has 2 heterocycles. The first-order valence-corrected chi connectivity index (χ1v) is 6.64. The summed E-state index contributed by atoms with van der Waals surface area (Å²) in [6.07, 6.45) is 4.56. The molecule has 0 spiro atoms. The average molecular weight is 278 g/mol. The van der Waals surface area contributed by atoms with Crippen LogP contribution in [0.2, 0.25) is 0 Å². The summed E-state index contributed by atoms with van der Waals surface area (Å²) < 4.78 is 4.66. The summed E-state index contributed by atoms with van der Waals surface area (Å²) in [5.41, 5.74) is 1.07.